The number of halogens is 7. The van der Waals surface area contributed by atoms with Gasteiger partial charge in [-0.25, -0.2) is 0 Å². The summed E-state index contributed by atoms with van der Waals surface area (Å²) in [5.74, 6) is -5.33. The number of carbonyl (C=O) groups excluding carboxylic acids is 2. The quantitative estimate of drug-likeness (QED) is 0.288. The molecule has 0 spiro atoms. The topological polar surface area (TPSA) is 55.4 Å². The number of hydrogen-bond acceptors (Lipinski definition) is 3. The second-order valence-corrected chi connectivity index (χ2v) is 8.36. The maximum absolute atomic E-state index is 13.6. The summed E-state index contributed by atoms with van der Waals surface area (Å²) in [5.41, 5.74) is 0.408. The zero-order valence-electron chi connectivity index (χ0n) is 18.9. The monoisotopic (exact) mass is 523 g/mol. The third-order valence-corrected chi connectivity index (χ3v) is 5.58. The highest BCUT2D eigenvalue weighted by atomic mass is 35.5. The Morgan fingerprint density at radius 3 is 2.14 bits per heavy atom. The molecule has 192 valence electrons. The normalized spacial score (nSPS) is 13.7. The SMILES string of the molecule is CCOC(=O)CCc1ccc(Cl)c(NC(=O)C(c2ccc(CC(F)(F)F)cc2)C(C)C(F)(F)F)c1. The minimum absolute atomic E-state index is 0.0473. The lowest BCUT2D eigenvalue weighted by molar-refractivity contribution is -0.178. The number of benzene rings is 2. The number of rotatable bonds is 9. The lowest BCUT2D eigenvalue weighted by Crippen LogP contribution is -2.34. The number of hydrogen-bond donors (Lipinski definition) is 1. The van der Waals surface area contributed by atoms with E-state index in [1.54, 1.807) is 13.0 Å². The second-order valence-electron chi connectivity index (χ2n) is 7.95. The molecule has 0 saturated carbocycles. The molecule has 1 amide bonds. The molecule has 0 radical (unpaired) electrons. The maximum Gasteiger partial charge on any atom is 0.393 e. The number of anilines is 1. The van der Waals surface area contributed by atoms with Crippen molar-refractivity contribution in [2.75, 3.05) is 11.9 Å². The molecule has 2 aromatic rings. The fourth-order valence-electron chi connectivity index (χ4n) is 3.44. The van der Waals surface area contributed by atoms with Crippen molar-refractivity contribution in [3.63, 3.8) is 0 Å². The molecule has 2 unspecified atom stereocenters. The minimum atomic E-state index is -4.75. The third-order valence-electron chi connectivity index (χ3n) is 5.25. The zero-order chi connectivity index (χ0) is 26.4. The van der Waals surface area contributed by atoms with Gasteiger partial charge in [-0.15, -0.1) is 0 Å². The van der Waals surface area contributed by atoms with Gasteiger partial charge >= 0.3 is 18.3 Å². The molecule has 0 aliphatic carbocycles. The first-order valence-electron chi connectivity index (χ1n) is 10.7. The van der Waals surface area contributed by atoms with Crippen LogP contribution in [0.5, 0.6) is 0 Å². The van der Waals surface area contributed by atoms with Gasteiger partial charge < -0.3 is 10.1 Å². The van der Waals surface area contributed by atoms with Gasteiger partial charge in [0.05, 0.1) is 35.6 Å². The molecule has 0 heterocycles. The summed E-state index contributed by atoms with van der Waals surface area (Å²) < 4.78 is 83.4. The first kappa shape index (κ1) is 28.5. The summed E-state index contributed by atoms with van der Waals surface area (Å²) in [6.07, 6.45) is -10.2. The highest BCUT2D eigenvalue weighted by Gasteiger charge is 2.45. The number of alkyl halides is 6. The van der Waals surface area contributed by atoms with Gasteiger partial charge in [0.25, 0.3) is 0 Å². The summed E-state index contributed by atoms with van der Waals surface area (Å²) in [4.78, 5) is 24.6. The fourth-order valence-corrected chi connectivity index (χ4v) is 3.61. The summed E-state index contributed by atoms with van der Waals surface area (Å²) in [6.45, 7) is 2.71. The van der Waals surface area contributed by atoms with Crippen molar-refractivity contribution in [3.05, 3.63) is 64.2 Å². The van der Waals surface area contributed by atoms with Gasteiger partial charge in [-0.05, 0) is 42.2 Å². The van der Waals surface area contributed by atoms with Gasteiger partial charge in [0.15, 0.2) is 0 Å². The van der Waals surface area contributed by atoms with Crippen molar-refractivity contribution >= 4 is 29.2 Å². The lowest BCUT2D eigenvalue weighted by Gasteiger charge is -2.26. The van der Waals surface area contributed by atoms with Crippen LogP contribution in [0.3, 0.4) is 0 Å². The standard InChI is InChI=1S/C24H24ClF6NO3/c1-3-35-20(33)11-7-15-6-10-18(25)19(12-15)32-22(34)21(14(2)24(29,30)31)17-8-4-16(5-9-17)13-23(26,27)28/h4-6,8-10,12,14,21H,3,7,11,13H2,1-2H3,(H,32,34). The highest BCUT2D eigenvalue weighted by Crippen LogP contribution is 2.39. The van der Waals surface area contributed by atoms with E-state index in [0.717, 1.165) is 31.2 Å². The van der Waals surface area contributed by atoms with E-state index in [1.807, 2.05) is 0 Å². The number of esters is 1. The van der Waals surface area contributed by atoms with Crippen LogP contribution in [0.4, 0.5) is 32.0 Å². The molecule has 1 N–H and O–H groups in total. The molecule has 0 fully saturated rings. The first-order valence-corrected chi connectivity index (χ1v) is 11.1. The Hall–Kier alpha value is -2.75. The van der Waals surface area contributed by atoms with Gasteiger partial charge in [0, 0.05) is 6.42 Å². The number of carbonyl (C=O) groups is 2. The molecule has 2 atom stereocenters. The molecule has 35 heavy (non-hydrogen) atoms. The van der Waals surface area contributed by atoms with Gasteiger partial charge in [0.2, 0.25) is 5.91 Å². The van der Waals surface area contributed by atoms with Crippen molar-refractivity contribution in [3.8, 4) is 0 Å². The predicted octanol–water partition coefficient (Wildman–Crippen LogP) is 6.86. The van der Waals surface area contributed by atoms with Crippen molar-refractivity contribution in [1.29, 1.82) is 0 Å². The van der Waals surface area contributed by atoms with Crippen molar-refractivity contribution in [2.24, 2.45) is 5.92 Å². The van der Waals surface area contributed by atoms with E-state index in [4.69, 9.17) is 16.3 Å². The Balaban J connectivity index is 2.30. The molecule has 11 heteroatoms. The van der Waals surface area contributed by atoms with E-state index >= 15 is 0 Å². The smallest absolute Gasteiger partial charge is 0.393 e. The molecular formula is C24H24ClF6NO3. The number of aryl methyl sites for hydroxylation is 1. The van der Waals surface area contributed by atoms with Gasteiger partial charge in [0.1, 0.15) is 0 Å². The van der Waals surface area contributed by atoms with Gasteiger partial charge in [-0.2, -0.15) is 26.3 Å². The van der Waals surface area contributed by atoms with E-state index < -0.39 is 42.5 Å². The van der Waals surface area contributed by atoms with Crippen LogP contribution in [0.25, 0.3) is 0 Å². The van der Waals surface area contributed by atoms with Crippen LogP contribution in [-0.4, -0.2) is 30.8 Å². The van der Waals surface area contributed by atoms with Crippen LogP contribution >= 0.6 is 11.6 Å². The molecule has 0 aliphatic rings. The Morgan fingerprint density at radius 2 is 1.60 bits per heavy atom. The van der Waals surface area contributed by atoms with Crippen LogP contribution in [-0.2, 0) is 27.2 Å². The highest BCUT2D eigenvalue weighted by molar-refractivity contribution is 6.33. The largest absolute Gasteiger partial charge is 0.466 e. The third kappa shape index (κ3) is 8.76. The molecular weight excluding hydrogens is 500 g/mol. The molecule has 0 bridgehead atoms. The first-order chi connectivity index (χ1) is 16.2. The van der Waals surface area contributed by atoms with Crippen LogP contribution in [0.2, 0.25) is 5.02 Å². The van der Waals surface area contributed by atoms with Crippen molar-refractivity contribution < 1.29 is 40.7 Å². The van der Waals surface area contributed by atoms with Gasteiger partial charge in [-0.1, -0.05) is 48.9 Å². The second kappa shape index (κ2) is 11.8. The average Bonchev–Trinajstić information content (AvgIpc) is 2.74. The Labute approximate surface area is 203 Å². The number of amides is 1. The summed E-state index contributed by atoms with van der Waals surface area (Å²) in [6, 6.07) is 8.76. The number of ether oxygens (including phenoxy) is 1. The summed E-state index contributed by atoms with van der Waals surface area (Å²) in [5, 5.41) is 2.47. The molecule has 0 saturated heterocycles. The minimum Gasteiger partial charge on any atom is -0.466 e. The van der Waals surface area contributed by atoms with E-state index in [-0.39, 0.29) is 41.3 Å². The molecule has 0 aromatic heterocycles. The maximum atomic E-state index is 13.6. The van der Waals surface area contributed by atoms with Crippen LogP contribution in [0.15, 0.2) is 42.5 Å². The summed E-state index contributed by atoms with van der Waals surface area (Å²) in [7, 11) is 0. The average molecular weight is 524 g/mol. The number of nitrogens with one attached hydrogen (secondary N) is 1. The van der Waals surface area contributed by atoms with Gasteiger partial charge in [-0.3, -0.25) is 9.59 Å². The van der Waals surface area contributed by atoms with E-state index in [9.17, 15) is 35.9 Å². The van der Waals surface area contributed by atoms with E-state index in [1.165, 1.54) is 12.1 Å². The molecule has 0 aliphatic heterocycles. The van der Waals surface area contributed by atoms with Crippen LogP contribution in [0, 0.1) is 5.92 Å². The Morgan fingerprint density at radius 1 is 1.00 bits per heavy atom. The van der Waals surface area contributed by atoms with E-state index in [0.29, 0.717) is 5.56 Å². The van der Waals surface area contributed by atoms with E-state index in [2.05, 4.69) is 5.32 Å². The molecule has 2 aromatic carbocycles. The molecule has 2 rings (SSSR count). The fraction of sp³-hybridized carbons (Fsp3) is 0.417. The Kier molecular flexibility index (Phi) is 9.60. The summed E-state index contributed by atoms with van der Waals surface area (Å²) >= 11 is 6.12. The lowest BCUT2D eigenvalue weighted by atomic mass is 9.85. The van der Waals surface area contributed by atoms with Crippen LogP contribution in [0.1, 0.15) is 42.9 Å². The van der Waals surface area contributed by atoms with Crippen LogP contribution < -0.4 is 5.32 Å². The van der Waals surface area contributed by atoms with Crippen molar-refractivity contribution in [1.82, 2.24) is 0 Å². The van der Waals surface area contributed by atoms with Crippen molar-refractivity contribution in [2.45, 2.75) is 51.4 Å². The molecule has 4 nitrogen and oxygen atoms in total. The zero-order valence-corrected chi connectivity index (χ0v) is 19.7. The predicted molar refractivity (Wildman–Crippen MR) is 119 cm³/mol. The Bertz CT molecular complexity index is 1020.